The molecule has 0 unspecified atom stereocenters. The van der Waals surface area contributed by atoms with Crippen molar-refractivity contribution in [1.82, 2.24) is 15.8 Å². The average Bonchev–Trinajstić information content (AvgIpc) is 2.66. The van der Waals surface area contributed by atoms with Crippen molar-refractivity contribution in [1.29, 1.82) is 0 Å². The summed E-state index contributed by atoms with van der Waals surface area (Å²) in [7, 11) is 0. The van der Waals surface area contributed by atoms with Gasteiger partial charge in [0, 0.05) is 32.2 Å². The van der Waals surface area contributed by atoms with E-state index in [1.54, 1.807) is 4.90 Å². The zero-order chi connectivity index (χ0) is 18.5. The number of benzene rings is 1. The first-order chi connectivity index (χ1) is 12.5. The molecule has 1 fully saturated rings. The van der Waals surface area contributed by atoms with Crippen LogP contribution in [0.15, 0.2) is 24.3 Å². The molecule has 7 nitrogen and oxygen atoms in total. The lowest BCUT2D eigenvalue weighted by molar-refractivity contribution is -0.136. The highest BCUT2D eigenvalue weighted by atomic mass is 16.2. The highest BCUT2D eigenvalue weighted by Gasteiger charge is 2.27. The molecule has 3 rings (SSSR count). The van der Waals surface area contributed by atoms with E-state index in [2.05, 4.69) is 16.9 Å². The third-order valence-electron chi connectivity index (χ3n) is 5.10. The van der Waals surface area contributed by atoms with Gasteiger partial charge in [0.05, 0.1) is 12.5 Å². The number of hydrogen-bond acceptors (Lipinski definition) is 4. The van der Waals surface area contributed by atoms with Crippen molar-refractivity contribution in [3.8, 4) is 0 Å². The Kier molecular flexibility index (Phi) is 5.75. The highest BCUT2D eigenvalue weighted by molar-refractivity contribution is 5.86. The van der Waals surface area contributed by atoms with Gasteiger partial charge in [0.15, 0.2) is 0 Å². The molecule has 1 atom stereocenters. The molecule has 2 aliphatic heterocycles. The fraction of sp³-hybridized carbons (Fsp3) is 0.526. The number of piperidine rings is 1. The first-order valence-corrected chi connectivity index (χ1v) is 9.21. The Hall–Kier alpha value is -2.57. The van der Waals surface area contributed by atoms with Crippen LogP contribution in [0.5, 0.6) is 0 Å². The van der Waals surface area contributed by atoms with Gasteiger partial charge in [0.25, 0.3) is 5.91 Å². The SMILES string of the molecule is CC(=O)N1CCC[C@@H](C(=O)NNC(=O)CN2CCCc3ccccc32)C1. The van der Waals surface area contributed by atoms with Crippen molar-refractivity contribution in [2.45, 2.75) is 32.6 Å². The molecule has 0 radical (unpaired) electrons. The predicted octanol–water partition coefficient (Wildman–Crippen LogP) is 0.845. The Morgan fingerprint density at radius 3 is 2.73 bits per heavy atom. The number of rotatable bonds is 3. The molecule has 1 aromatic rings. The molecule has 2 N–H and O–H groups in total. The topological polar surface area (TPSA) is 81.8 Å². The lowest BCUT2D eigenvalue weighted by Crippen LogP contribution is -2.51. The quantitative estimate of drug-likeness (QED) is 0.785. The monoisotopic (exact) mass is 358 g/mol. The predicted molar refractivity (Wildman–Crippen MR) is 98.2 cm³/mol. The first kappa shape index (κ1) is 18.2. The third-order valence-corrected chi connectivity index (χ3v) is 5.10. The number of carbonyl (C=O) groups is 3. The average molecular weight is 358 g/mol. The van der Waals surface area contributed by atoms with Crippen LogP contribution < -0.4 is 15.8 Å². The fourth-order valence-corrected chi connectivity index (χ4v) is 3.70. The van der Waals surface area contributed by atoms with Gasteiger partial charge in [-0.1, -0.05) is 18.2 Å². The van der Waals surface area contributed by atoms with Gasteiger partial charge < -0.3 is 9.80 Å². The summed E-state index contributed by atoms with van der Waals surface area (Å²) < 4.78 is 0. The smallest absolute Gasteiger partial charge is 0.257 e. The van der Waals surface area contributed by atoms with Gasteiger partial charge in [0.1, 0.15) is 0 Å². The maximum atomic E-state index is 12.3. The van der Waals surface area contributed by atoms with Crippen molar-refractivity contribution in [3.63, 3.8) is 0 Å². The normalized spacial score (nSPS) is 19.5. The molecule has 1 aromatic carbocycles. The van der Waals surface area contributed by atoms with Gasteiger partial charge in [-0.15, -0.1) is 0 Å². The molecular weight excluding hydrogens is 332 g/mol. The van der Waals surface area contributed by atoms with Gasteiger partial charge >= 0.3 is 0 Å². The molecule has 2 aliphatic rings. The minimum Gasteiger partial charge on any atom is -0.362 e. The Balaban J connectivity index is 1.49. The van der Waals surface area contributed by atoms with Crippen LogP contribution in [0, 0.1) is 5.92 Å². The summed E-state index contributed by atoms with van der Waals surface area (Å²) in [6, 6.07) is 8.10. The molecule has 2 heterocycles. The molecule has 0 saturated carbocycles. The number of anilines is 1. The van der Waals surface area contributed by atoms with E-state index in [1.165, 1.54) is 12.5 Å². The van der Waals surface area contributed by atoms with E-state index < -0.39 is 0 Å². The number of aryl methyl sites for hydroxylation is 1. The van der Waals surface area contributed by atoms with Crippen molar-refractivity contribution >= 4 is 23.4 Å². The van der Waals surface area contributed by atoms with Crippen LogP contribution in [0.25, 0.3) is 0 Å². The number of hydrazine groups is 1. The number of amides is 3. The van der Waals surface area contributed by atoms with E-state index in [0.29, 0.717) is 13.1 Å². The number of fused-ring (bicyclic) bond motifs is 1. The molecule has 140 valence electrons. The van der Waals surface area contributed by atoms with Crippen molar-refractivity contribution in [3.05, 3.63) is 29.8 Å². The molecule has 0 aromatic heterocycles. The first-order valence-electron chi connectivity index (χ1n) is 9.21. The summed E-state index contributed by atoms with van der Waals surface area (Å²) in [6.45, 7) is 3.66. The molecule has 0 spiro atoms. The molecule has 0 bridgehead atoms. The van der Waals surface area contributed by atoms with Crippen molar-refractivity contribution in [2.75, 3.05) is 31.1 Å². The van der Waals surface area contributed by atoms with E-state index in [1.807, 2.05) is 23.1 Å². The summed E-state index contributed by atoms with van der Waals surface area (Å²) in [4.78, 5) is 39.7. The summed E-state index contributed by atoms with van der Waals surface area (Å²) in [5, 5.41) is 0. The van der Waals surface area contributed by atoms with E-state index in [0.717, 1.165) is 37.9 Å². The second-order valence-corrected chi connectivity index (χ2v) is 7.00. The second-order valence-electron chi connectivity index (χ2n) is 7.00. The Morgan fingerprint density at radius 1 is 1.12 bits per heavy atom. The minimum absolute atomic E-state index is 0.0182. The Morgan fingerprint density at radius 2 is 1.92 bits per heavy atom. The van der Waals surface area contributed by atoms with Gasteiger partial charge in [-0.2, -0.15) is 0 Å². The van der Waals surface area contributed by atoms with E-state index in [-0.39, 0.29) is 30.2 Å². The standard InChI is InChI=1S/C19H26N4O3/c1-14(24)22-10-5-8-16(12-22)19(26)21-20-18(25)13-23-11-4-7-15-6-2-3-9-17(15)23/h2-3,6,9,16H,4-5,7-8,10-13H2,1H3,(H,20,25)(H,21,26)/t16-/m1/s1. The highest BCUT2D eigenvalue weighted by Crippen LogP contribution is 2.26. The zero-order valence-corrected chi connectivity index (χ0v) is 15.2. The van der Waals surface area contributed by atoms with Gasteiger partial charge in [-0.3, -0.25) is 25.2 Å². The van der Waals surface area contributed by atoms with Crippen LogP contribution in [0.3, 0.4) is 0 Å². The largest absolute Gasteiger partial charge is 0.362 e. The lowest BCUT2D eigenvalue weighted by Gasteiger charge is -2.32. The van der Waals surface area contributed by atoms with E-state index in [4.69, 9.17) is 0 Å². The molecule has 3 amide bonds. The molecule has 26 heavy (non-hydrogen) atoms. The van der Waals surface area contributed by atoms with E-state index >= 15 is 0 Å². The molecule has 7 heteroatoms. The summed E-state index contributed by atoms with van der Waals surface area (Å²) >= 11 is 0. The number of hydrogen-bond donors (Lipinski definition) is 2. The summed E-state index contributed by atoms with van der Waals surface area (Å²) in [5.41, 5.74) is 7.38. The van der Waals surface area contributed by atoms with Gasteiger partial charge in [0.2, 0.25) is 11.8 Å². The second kappa shape index (κ2) is 8.21. The zero-order valence-electron chi connectivity index (χ0n) is 15.2. The maximum Gasteiger partial charge on any atom is 0.257 e. The molecule has 1 saturated heterocycles. The van der Waals surface area contributed by atoms with Crippen LogP contribution in [0.1, 0.15) is 31.7 Å². The van der Waals surface area contributed by atoms with Crippen molar-refractivity contribution < 1.29 is 14.4 Å². The van der Waals surface area contributed by atoms with Crippen LogP contribution in [-0.2, 0) is 20.8 Å². The minimum atomic E-state index is -0.274. The van der Waals surface area contributed by atoms with Gasteiger partial charge in [-0.25, -0.2) is 0 Å². The third kappa shape index (κ3) is 4.33. The molecule has 0 aliphatic carbocycles. The van der Waals surface area contributed by atoms with Crippen LogP contribution >= 0.6 is 0 Å². The van der Waals surface area contributed by atoms with Crippen LogP contribution in [-0.4, -0.2) is 48.8 Å². The van der Waals surface area contributed by atoms with Crippen LogP contribution in [0.4, 0.5) is 5.69 Å². The van der Waals surface area contributed by atoms with E-state index in [9.17, 15) is 14.4 Å². The summed E-state index contributed by atoms with van der Waals surface area (Å²) in [6.07, 6.45) is 3.57. The number of likely N-dealkylation sites (tertiary alicyclic amines) is 1. The number of nitrogens with zero attached hydrogens (tertiary/aromatic N) is 2. The summed E-state index contributed by atoms with van der Waals surface area (Å²) in [5.74, 6) is -0.767. The van der Waals surface area contributed by atoms with Crippen molar-refractivity contribution in [2.24, 2.45) is 5.92 Å². The number of para-hydroxylation sites is 1. The Bertz CT molecular complexity index is 691. The maximum absolute atomic E-state index is 12.3. The number of carbonyl (C=O) groups excluding carboxylic acids is 3. The lowest BCUT2D eigenvalue weighted by atomic mass is 9.97. The molecular formula is C19H26N4O3. The number of nitrogens with one attached hydrogen (secondary N) is 2. The van der Waals surface area contributed by atoms with Crippen LogP contribution in [0.2, 0.25) is 0 Å². The van der Waals surface area contributed by atoms with Gasteiger partial charge in [-0.05, 0) is 37.3 Å². The Labute approximate surface area is 153 Å². The fourth-order valence-electron chi connectivity index (χ4n) is 3.70.